The minimum absolute atomic E-state index is 0.255. The minimum Gasteiger partial charge on any atom is -0.383 e. The highest BCUT2D eigenvalue weighted by atomic mass is 35.5. The number of imidazole rings is 1. The molecule has 0 aliphatic carbocycles. The van der Waals surface area contributed by atoms with E-state index in [9.17, 15) is 4.79 Å². The van der Waals surface area contributed by atoms with Crippen LogP contribution >= 0.6 is 11.6 Å². The molecule has 9 heteroatoms. The van der Waals surface area contributed by atoms with Crippen LogP contribution in [0.1, 0.15) is 10.5 Å². The van der Waals surface area contributed by atoms with E-state index in [0.717, 1.165) is 0 Å². The number of methoxy groups -OCH3 is 1. The molecule has 2 aromatic heterocycles. The highest BCUT2D eigenvalue weighted by Crippen LogP contribution is 2.22. The smallest absolute Gasteiger partial charge is 0.271 e. The summed E-state index contributed by atoms with van der Waals surface area (Å²) in [5, 5.41) is 3.10. The van der Waals surface area contributed by atoms with Crippen LogP contribution in [0.5, 0.6) is 0 Å². The molecule has 0 radical (unpaired) electrons. The third-order valence-corrected chi connectivity index (χ3v) is 3.71. The van der Waals surface area contributed by atoms with Crippen LogP contribution in [0.15, 0.2) is 12.4 Å². The van der Waals surface area contributed by atoms with Crippen molar-refractivity contribution < 1.29 is 14.3 Å². The van der Waals surface area contributed by atoms with Gasteiger partial charge >= 0.3 is 0 Å². The maximum Gasteiger partial charge on any atom is 0.271 e. The topological polar surface area (TPSA) is 81.0 Å². The summed E-state index contributed by atoms with van der Waals surface area (Å²) in [6.07, 6.45) is 3.29. The molecule has 0 spiro atoms. The van der Waals surface area contributed by atoms with Crippen molar-refractivity contribution in [3.8, 4) is 0 Å². The van der Waals surface area contributed by atoms with Gasteiger partial charge < -0.3 is 24.1 Å². The monoisotopic (exact) mass is 339 g/mol. The molecule has 0 atom stereocenters. The second-order valence-corrected chi connectivity index (χ2v) is 5.48. The summed E-state index contributed by atoms with van der Waals surface area (Å²) in [4.78, 5) is 23.0. The number of carbonyl (C=O) groups is 1. The van der Waals surface area contributed by atoms with Crippen molar-refractivity contribution in [2.75, 3.05) is 51.5 Å². The number of carbonyl (C=O) groups excluding carboxylic acids is 1. The summed E-state index contributed by atoms with van der Waals surface area (Å²) in [5.41, 5.74) is 0.924. The molecule has 1 aliphatic heterocycles. The second-order valence-electron chi connectivity index (χ2n) is 5.09. The number of nitrogens with zero attached hydrogens (tertiary/aromatic N) is 4. The van der Waals surface area contributed by atoms with Crippen molar-refractivity contribution in [2.45, 2.75) is 0 Å². The van der Waals surface area contributed by atoms with Gasteiger partial charge in [0.25, 0.3) is 5.91 Å². The first-order valence-corrected chi connectivity index (χ1v) is 7.72. The summed E-state index contributed by atoms with van der Waals surface area (Å²) >= 11 is 6.10. The van der Waals surface area contributed by atoms with Gasteiger partial charge in [-0.05, 0) is 0 Å². The van der Waals surface area contributed by atoms with Crippen LogP contribution in [0.2, 0.25) is 5.15 Å². The number of nitrogens with one attached hydrogen (secondary N) is 1. The molecule has 0 unspecified atom stereocenters. The molecule has 8 nitrogen and oxygen atoms in total. The zero-order chi connectivity index (χ0) is 16.2. The number of halogens is 1. The van der Waals surface area contributed by atoms with Crippen molar-refractivity contribution in [2.24, 2.45) is 0 Å². The van der Waals surface area contributed by atoms with Crippen LogP contribution in [-0.4, -0.2) is 66.8 Å². The average molecular weight is 340 g/mol. The van der Waals surface area contributed by atoms with Gasteiger partial charge in [0, 0.05) is 39.1 Å². The number of morpholine rings is 1. The van der Waals surface area contributed by atoms with E-state index >= 15 is 0 Å². The molecule has 3 rings (SSSR count). The molecule has 124 valence electrons. The largest absolute Gasteiger partial charge is 0.383 e. The minimum atomic E-state index is -0.255. The van der Waals surface area contributed by atoms with Crippen LogP contribution in [0.4, 0.5) is 5.82 Å². The van der Waals surface area contributed by atoms with Crippen molar-refractivity contribution in [1.29, 1.82) is 0 Å². The van der Waals surface area contributed by atoms with E-state index in [2.05, 4.69) is 20.2 Å². The Bertz CT molecular complexity index is 699. The van der Waals surface area contributed by atoms with E-state index in [1.165, 1.54) is 0 Å². The summed E-state index contributed by atoms with van der Waals surface area (Å²) in [6, 6.07) is 0. The lowest BCUT2D eigenvalue weighted by Gasteiger charge is -2.27. The predicted molar refractivity (Wildman–Crippen MR) is 85.2 cm³/mol. The van der Waals surface area contributed by atoms with E-state index in [0.29, 0.717) is 61.8 Å². The first kappa shape index (κ1) is 16.0. The fourth-order valence-corrected chi connectivity index (χ4v) is 2.59. The van der Waals surface area contributed by atoms with Gasteiger partial charge in [-0.3, -0.25) is 4.79 Å². The van der Waals surface area contributed by atoms with Gasteiger partial charge in [0.05, 0.1) is 19.8 Å². The molecule has 1 fully saturated rings. The number of aromatic nitrogens is 3. The first-order chi connectivity index (χ1) is 11.2. The van der Waals surface area contributed by atoms with Crippen LogP contribution < -0.4 is 10.2 Å². The van der Waals surface area contributed by atoms with Crippen molar-refractivity contribution >= 4 is 29.0 Å². The first-order valence-electron chi connectivity index (χ1n) is 7.34. The molecule has 1 saturated heterocycles. The number of hydrogen-bond donors (Lipinski definition) is 1. The number of anilines is 1. The summed E-state index contributed by atoms with van der Waals surface area (Å²) in [5.74, 6) is 0.409. The van der Waals surface area contributed by atoms with E-state index < -0.39 is 0 Å². The normalized spacial score (nSPS) is 15.1. The zero-order valence-corrected chi connectivity index (χ0v) is 13.5. The molecule has 2 aromatic rings. The van der Waals surface area contributed by atoms with Gasteiger partial charge in [-0.15, -0.1) is 0 Å². The third-order valence-electron chi connectivity index (χ3n) is 3.53. The van der Waals surface area contributed by atoms with Gasteiger partial charge in [0.2, 0.25) is 0 Å². The fraction of sp³-hybridized carbons (Fsp3) is 0.500. The number of fused-ring (bicyclic) bond motifs is 1. The van der Waals surface area contributed by atoms with Crippen molar-refractivity contribution in [3.63, 3.8) is 0 Å². The molecule has 1 aliphatic rings. The fourth-order valence-electron chi connectivity index (χ4n) is 2.41. The summed E-state index contributed by atoms with van der Waals surface area (Å²) < 4.78 is 12.0. The Morgan fingerprint density at radius 3 is 2.91 bits per heavy atom. The van der Waals surface area contributed by atoms with Gasteiger partial charge in [0.1, 0.15) is 10.8 Å². The molecule has 1 N–H and O–H groups in total. The Morgan fingerprint density at radius 1 is 1.39 bits per heavy atom. The van der Waals surface area contributed by atoms with E-state index in [-0.39, 0.29) is 5.91 Å². The summed E-state index contributed by atoms with van der Waals surface area (Å²) in [7, 11) is 1.58. The van der Waals surface area contributed by atoms with Gasteiger partial charge in [-0.2, -0.15) is 0 Å². The van der Waals surface area contributed by atoms with Crippen LogP contribution in [0.25, 0.3) is 5.65 Å². The molecule has 0 saturated carbocycles. The molecule has 0 aromatic carbocycles. The zero-order valence-electron chi connectivity index (χ0n) is 12.8. The van der Waals surface area contributed by atoms with Gasteiger partial charge in [-0.1, -0.05) is 11.6 Å². The van der Waals surface area contributed by atoms with Crippen LogP contribution in [0, 0.1) is 0 Å². The maximum absolute atomic E-state index is 12.1. The third kappa shape index (κ3) is 3.54. The van der Waals surface area contributed by atoms with Crippen LogP contribution in [0.3, 0.4) is 0 Å². The standard InChI is InChI=1S/C14H18ClN5O3/c1-22-5-2-16-14(21)10-8-20-9-11(15)18-13(12(20)17-10)19-3-6-23-7-4-19/h8-9H,2-7H2,1H3,(H,16,21). The Hall–Kier alpha value is -1.90. The number of amides is 1. The molecule has 23 heavy (non-hydrogen) atoms. The van der Waals surface area contributed by atoms with Crippen molar-refractivity contribution in [1.82, 2.24) is 19.7 Å². The maximum atomic E-state index is 12.1. The Kier molecular flexibility index (Phi) is 4.94. The van der Waals surface area contributed by atoms with E-state index in [1.54, 1.807) is 23.9 Å². The number of rotatable bonds is 5. The number of hydrogen-bond acceptors (Lipinski definition) is 6. The Balaban J connectivity index is 1.90. The molecule has 1 amide bonds. The highest BCUT2D eigenvalue weighted by Gasteiger charge is 2.20. The molecular formula is C14H18ClN5O3. The van der Waals surface area contributed by atoms with Crippen LogP contribution in [-0.2, 0) is 9.47 Å². The highest BCUT2D eigenvalue weighted by molar-refractivity contribution is 6.29. The lowest BCUT2D eigenvalue weighted by atomic mass is 10.4. The SMILES string of the molecule is COCCNC(=O)c1cn2cc(Cl)nc(N3CCOCC3)c2n1. The Morgan fingerprint density at radius 2 is 2.17 bits per heavy atom. The lowest BCUT2D eigenvalue weighted by Crippen LogP contribution is -2.37. The van der Waals surface area contributed by atoms with Gasteiger partial charge in [-0.25, -0.2) is 9.97 Å². The average Bonchev–Trinajstić information content (AvgIpc) is 2.99. The van der Waals surface area contributed by atoms with E-state index in [4.69, 9.17) is 21.1 Å². The number of ether oxygens (including phenoxy) is 2. The molecular weight excluding hydrogens is 322 g/mol. The Labute approximate surface area is 138 Å². The summed E-state index contributed by atoms with van der Waals surface area (Å²) in [6.45, 7) is 3.57. The quantitative estimate of drug-likeness (QED) is 0.803. The molecule has 0 bridgehead atoms. The lowest BCUT2D eigenvalue weighted by molar-refractivity contribution is 0.0932. The van der Waals surface area contributed by atoms with Crippen molar-refractivity contribution in [3.05, 3.63) is 23.2 Å². The predicted octanol–water partition coefficient (Wildman–Crippen LogP) is 0.595. The van der Waals surface area contributed by atoms with Gasteiger partial charge in [0.15, 0.2) is 11.5 Å². The molecule has 3 heterocycles. The van der Waals surface area contributed by atoms with E-state index in [1.807, 2.05) is 0 Å². The second kappa shape index (κ2) is 7.12.